The van der Waals surface area contributed by atoms with E-state index >= 15 is 0 Å². The van der Waals surface area contributed by atoms with E-state index in [4.69, 9.17) is 4.74 Å². The van der Waals surface area contributed by atoms with Crippen LogP contribution in [0, 0.1) is 0 Å². The van der Waals surface area contributed by atoms with Gasteiger partial charge in [0.15, 0.2) is 22.4 Å². The summed E-state index contributed by atoms with van der Waals surface area (Å²) in [6.07, 6.45) is 6.70. The highest BCUT2D eigenvalue weighted by molar-refractivity contribution is 7.98. The van der Waals surface area contributed by atoms with Crippen LogP contribution in [0.1, 0.15) is 0 Å². The number of methoxy groups -OCH3 is 1. The normalized spacial score (nSPS) is 11.7. The molecule has 3 heterocycles. The van der Waals surface area contributed by atoms with Crippen molar-refractivity contribution in [3.63, 3.8) is 0 Å². The highest BCUT2D eigenvalue weighted by Gasteiger charge is 2.16. The first-order chi connectivity index (χ1) is 11.4. The van der Waals surface area contributed by atoms with E-state index in [0.717, 1.165) is 0 Å². The minimum atomic E-state index is -2.30. The summed E-state index contributed by atoms with van der Waals surface area (Å²) in [6, 6.07) is 5.25. The third-order valence-corrected chi connectivity index (χ3v) is 4.18. The number of aromatic nitrogens is 5. The Morgan fingerprint density at radius 2 is 2.08 bits per heavy atom. The predicted octanol–water partition coefficient (Wildman–Crippen LogP) is 2.30. The topological polar surface area (TPSA) is 95.2 Å². The van der Waals surface area contributed by atoms with Gasteiger partial charge in [-0.2, -0.15) is 9.04 Å². The second-order valence-corrected chi connectivity index (χ2v) is 8.46. The van der Waals surface area contributed by atoms with E-state index in [1.807, 2.05) is 6.26 Å². The summed E-state index contributed by atoms with van der Waals surface area (Å²) in [7, 11) is -0.761. The van der Waals surface area contributed by atoms with E-state index < -0.39 is 9.73 Å². The van der Waals surface area contributed by atoms with Crippen LogP contribution in [-0.4, -0.2) is 54.8 Å². The summed E-state index contributed by atoms with van der Waals surface area (Å²) >= 11 is 1.43. The average molecular weight is 364 g/mol. The summed E-state index contributed by atoms with van der Waals surface area (Å²) in [4.78, 5) is 13.2. The number of ether oxygens (including phenoxy) is 1. The Kier molecular flexibility index (Phi) is 4.41. The molecule has 0 spiro atoms. The fraction of sp³-hybridized carbons (Fsp3) is 0.286. The lowest BCUT2D eigenvalue weighted by molar-refractivity contribution is 0.398. The first-order valence-corrected chi connectivity index (χ1v) is 10.5. The summed E-state index contributed by atoms with van der Waals surface area (Å²) < 4.78 is 22.9. The molecule has 126 valence electrons. The standard InChI is InChI=1S/C14H16N6O2S2/c1-22-13-9-8-15-14(23-2)17-12(9)20(18-13)11-7-5-6-10(16-11)19-24(3,4)21/h5-8H,1-4H3. The molecule has 0 N–H and O–H groups in total. The monoisotopic (exact) mass is 364 g/mol. The first kappa shape index (κ1) is 16.7. The second-order valence-electron chi connectivity index (χ2n) is 5.14. The Balaban J connectivity index is 2.22. The van der Waals surface area contributed by atoms with Gasteiger partial charge < -0.3 is 4.74 Å². The van der Waals surface area contributed by atoms with Crippen molar-refractivity contribution in [1.82, 2.24) is 24.7 Å². The molecule has 0 aliphatic heterocycles. The molecule has 0 aliphatic carbocycles. The van der Waals surface area contributed by atoms with Gasteiger partial charge in [0, 0.05) is 28.4 Å². The second kappa shape index (κ2) is 6.36. The minimum absolute atomic E-state index is 0.379. The Morgan fingerprint density at radius 3 is 2.75 bits per heavy atom. The van der Waals surface area contributed by atoms with Gasteiger partial charge in [-0.1, -0.05) is 17.8 Å². The predicted molar refractivity (Wildman–Crippen MR) is 94.9 cm³/mol. The number of thioether (sulfide) groups is 1. The molecule has 3 aromatic heterocycles. The van der Waals surface area contributed by atoms with Crippen LogP contribution in [0.4, 0.5) is 5.82 Å². The molecule has 8 nitrogen and oxygen atoms in total. The van der Waals surface area contributed by atoms with Crippen LogP contribution in [0.3, 0.4) is 0 Å². The van der Waals surface area contributed by atoms with Gasteiger partial charge in [0.05, 0.1) is 7.11 Å². The molecule has 3 aromatic rings. The molecule has 0 radical (unpaired) electrons. The zero-order valence-electron chi connectivity index (χ0n) is 13.6. The number of hydrogen-bond acceptors (Lipinski definition) is 8. The Hall–Kier alpha value is -2.20. The van der Waals surface area contributed by atoms with Gasteiger partial charge in [0.1, 0.15) is 5.39 Å². The van der Waals surface area contributed by atoms with Crippen molar-refractivity contribution in [2.24, 2.45) is 4.36 Å². The molecule has 0 bridgehead atoms. The van der Waals surface area contributed by atoms with E-state index in [0.29, 0.717) is 33.7 Å². The summed E-state index contributed by atoms with van der Waals surface area (Å²) in [5.41, 5.74) is 0.588. The van der Waals surface area contributed by atoms with Crippen LogP contribution in [0.2, 0.25) is 0 Å². The number of fused-ring (bicyclic) bond motifs is 1. The minimum Gasteiger partial charge on any atom is -0.479 e. The SMILES string of the molecule is COc1nn(-c2cccc(N=S(C)(C)=O)n2)c2nc(SC)ncc12. The number of rotatable bonds is 4. The molecular weight excluding hydrogens is 348 g/mol. The van der Waals surface area contributed by atoms with Gasteiger partial charge in [-0.25, -0.2) is 19.2 Å². The van der Waals surface area contributed by atoms with Crippen LogP contribution in [0.5, 0.6) is 5.88 Å². The van der Waals surface area contributed by atoms with Gasteiger partial charge in [-0.15, -0.1) is 5.10 Å². The van der Waals surface area contributed by atoms with Crippen LogP contribution in [-0.2, 0) is 9.73 Å². The van der Waals surface area contributed by atoms with E-state index in [-0.39, 0.29) is 0 Å². The summed E-state index contributed by atoms with van der Waals surface area (Å²) in [5, 5.41) is 5.71. The number of hydrogen-bond donors (Lipinski definition) is 0. The van der Waals surface area contributed by atoms with Crippen LogP contribution < -0.4 is 4.74 Å². The van der Waals surface area contributed by atoms with Crippen molar-refractivity contribution in [3.8, 4) is 11.7 Å². The van der Waals surface area contributed by atoms with E-state index in [9.17, 15) is 4.21 Å². The van der Waals surface area contributed by atoms with Crippen LogP contribution >= 0.6 is 11.8 Å². The van der Waals surface area contributed by atoms with Crippen LogP contribution in [0.25, 0.3) is 16.9 Å². The maximum atomic E-state index is 11.9. The van der Waals surface area contributed by atoms with Crippen LogP contribution in [0.15, 0.2) is 33.9 Å². The van der Waals surface area contributed by atoms with Crippen molar-refractivity contribution >= 4 is 38.3 Å². The molecule has 0 aromatic carbocycles. The fourth-order valence-corrected chi connectivity index (χ4v) is 2.96. The highest BCUT2D eigenvalue weighted by atomic mass is 32.2. The van der Waals surface area contributed by atoms with Gasteiger partial charge in [-0.05, 0) is 18.4 Å². The summed E-state index contributed by atoms with van der Waals surface area (Å²) in [6.45, 7) is 0. The molecule has 0 fully saturated rings. The number of pyridine rings is 1. The third kappa shape index (κ3) is 3.34. The molecular formula is C14H16N6O2S2. The number of nitrogens with zero attached hydrogens (tertiary/aromatic N) is 6. The van der Waals surface area contributed by atoms with Gasteiger partial charge in [-0.3, -0.25) is 0 Å². The summed E-state index contributed by atoms with van der Waals surface area (Å²) in [5.74, 6) is 1.31. The molecule has 0 aliphatic rings. The Bertz CT molecular complexity index is 1020. The highest BCUT2D eigenvalue weighted by Crippen LogP contribution is 2.26. The lowest BCUT2D eigenvalue weighted by atomic mass is 10.4. The lowest BCUT2D eigenvalue weighted by Gasteiger charge is -2.03. The maximum absolute atomic E-state index is 11.9. The molecule has 10 heteroatoms. The Labute approximate surface area is 143 Å². The first-order valence-electron chi connectivity index (χ1n) is 6.89. The third-order valence-electron chi connectivity index (χ3n) is 2.99. The molecule has 0 atom stereocenters. The maximum Gasteiger partial charge on any atom is 0.244 e. The quantitative estimate of drug-likeness (QED) is 0.518. The van der Waals surface area contributed by atoms with Gasteiger partial charge >= 0.3 is 0 Å². The van der Waals surface area contributed by atoms with Gasteiger partial charge in [0.2, 0.25) is 5.88 Å². The molecule has 0 saturated heterocycles. The van der Waals surface area contributed by atoms with Crippen molar-refractivity contribution in [2.45, 2.75) is 5.16 Å². The van der Waals surface area contributed by atoms with E-state index in [1.165, 1.54) is 18.9 Å². The largest absolute Gasteiger partial charge is 0.479 e. The smallest absolute Gasteiger partial charge is 0.244 e. The average Bonchev–Trinajstić information content (AvgIpc) is 2.91. The van der Waals surface area contributed by atoms with Crippen molar-refractivity contribution in [2.75, 3.05) is 25.9 Å². The fourth-order valence-electron chi connectivity index (χ4n) is 2.08. The van der Waals surface area contributed by atoms with Crippen molar-refractivity contribution < 1.29 is 8.95 Å². The van der Waals surface area contributed by atoms with E-state index in [2.05, 4.69) is 24.4 Å². The molecule has 0 amide bonds. The van der Waals surface area contributed by atoms with E-state index in [1.54, 1.807) is 41.6 Å². The zero-order chi connectivity index (χ0) is 17.3. The zero-order valence-corrected chi connectivity index (χ0v) is 15.3. The Morgan fingerprint density at radius 1 is 1.29 bits per heavy atom. The molecule has 0 saturated carbocycles. The van der Waals surface area contributed by atoms with Crippen molar-refractivity contribution in [1.29, 1.82) is 0 Å². The molecule has 0 unspecified atom stereocenters. The van der Waals surface area contributed by atoms with Crippen molar-refractivity contribution in [3.05, 3.63) is 24.4 Å². The molecule has 24 heavy (non-hydrogen) atoms. The van der Waals surface area contributed by atoms with Gasteiger partial charge in [0.25, 0.3) is 0 Å². The lowest BCUT2D eigenvalue weighted by Crippen LogP contribution is -2.01. The molecule has 3 rings (SSSR count).